The van der Waals surface area contributed by atoms with Gasteiger partial charge in [-0.15, -0.1) is 0 Å². The molecule has 2 unspecified atom stereocenters. The smallest absolute Gasteiger partial charge is 0.255 e. The van der Waals surface area contributed by atoms with E-state index in [-0.39, 0.29) is 29.7 Å². The summed E-state index contributed by atoms with van der Waals surface area (Å²) in [5.74, 6) is -0.784. The lowest BCUT2D eigenvalue weighted by Crippen LogP contribution is -2.63. The topological polar surface area (TPSA) is 100 Å². The molecule has 166 valence electrons. The molecule has 4 aliphatic heterocycles. The van der Waals surface area contributed by atoms with E-state index in [1.807, 2.05) is 18.2 Å². The zero-order chi connectivity index (χ0) is 21.4. The molecule has 9 heteroatoms. The van der Waals surface area contributed by atoms with Gasteiger partial charge in [0.05, 0.1) is 32.0 Å². The number of nitrogens with one attached hydrogen (secondary N) is 2. The molecular weight excluding hydrogens is 400 g/mol. The van der Waals surface area contributed by atoms with E-state index in [1.54, 1.807) is 4.90 Å². The van der Waals surface area contributed by atoms with E-state index >= 15 is 0 Å². The number of benzene rings is 1. The molecule has 4 aliphatic rings. The zero-order valence-corrected chi connectivity index (χ0v) is 17.5. The standard InChI is InChI=1S/C22H28N4O5/c27-18-5-4-17(20(28)24-18)26-11-16-3-1-2-15(19(16)21(26)29)10-25-7-9-31-14-22(25)12-23-6-8-30-13-22/h1-3,17,23H,4-14H2,(H,24,27,28). The van der Waals surface area contributed by atoms with Gasteiger partial charge >= 0.3 is 0 Å². The molecule has 9 nitrogen and oxygen atoms in total. The van der Waals surface area contributed by atoms with Crippen molar-refractivity contribution in [2.75, 3.05) is 46.1 Å². The first kappa shape index (κ1) is 20.6. The predicted molar refractivity (Wildman–Crippen MR) is 110 cm³/mol. The van der Waals surface area contributed by atoms with Gasteiger partial charge in [-0.05, 0) is 17.5 Å². The lowest BCUT2D eigenvalue weighted by Gasteiger charge is -2.46. The Labute approximate surface area is 181 Å². The van der Waals surface area contributed by atoms with Crippen LogP contribution < -0.4 is 10.6 Å². The van der Waals surface area contributed by atoms with Crippen LogP contribution in [0, 0.1) is 0 Å². The van der Waals surface area contributed by atoms with Gasteiger partial charge in [-0.25, -0.2) is 0 Å². The van der Waals surface area contributed by atoms with Crippen LogP contribution in [0.15, 0.2) is 18.2 Å². The molecule has 4 heterocycles. The molecule has 2 atom stereocenters. The molecule has 3 fully saturated rings. The Morgan fingerprint density at radius 3 is 2.81 bits per heavy atom. The van der Waals surface area contributed by atoms with Crippen molar-refractivity contribution in [2.45, 2.75) is 37.5 Å². The van der Waals surface area contributed by atoms with Crippen molar-refractivity contribution in [1.29, 1.82) is 0 Å². The Morgan fingerprint density at radius 2 is 1.97 bits per heavy atom. The molecule has 1 aromatic carbocycles. The fourth-order valence-corrected chi connectivity index (χ4v) is 5.11. The molecule has 1 aromatic rings. The monoisotopic (exact) mass is 428 g/mol. The van der Waals surface area contributed by atoms with Crippen molar-refractivity contribution in [3.05, 3.63) is 34.9 Å². The molecular formula is C22H28N4O5. The molecule has 0 aliphatic carbocycles. The number of amides is 3. The van der Waals surface area contributed by atoms with Crippen LogP contribution in [0.3, 0.4) is 0 Å². The number of rotatable bonds is 3. The van der Waals surface area contributed by atoms with Crippen molar-refractivity contribution in [3.63, 3.8) is 0 Å². The summed E-state index contributed by atoms with van der Waals surface area (Å²) in [4.78, 5) is 41.2. The summed E-state index contributed by atoms with van der Waals surface area (Å²) in [6, 6.07) is 5.33. The van der Waals surface area contributed by atoms with Crippen LogP contribution in [0.5, 0.6) is 0 Å². The molecule has 5 rings (SSSR count). The van der Waals surface area contributed by atoms with Crippen LogP contribution >= 0.6 is 0 Å². The second-order valence-corrected chi connectivity index (χ2v) is 8.78. The summed E-state index contributed by atoms with van der Waals surface area (Å²) in [6.07, 6.45) is 0.627. The Hall–Kier alpha value is -2.33. The van der Waals surface area contributed by atoms with Crippen LogP contribution in [0.25, 0.3) is 0 Å². The number of carbonyl (C=O) groups excluding carboxylic acids is 3. The molecule has 0 radical (unpaired) electrons. The van der Waals surface area contributed by atoms with Crippen molar-refractivity contribution in [3.8, 4) is 0 Å². The Morgan fingerprint density at radius 1 is 1.13 bits per heavy atom. The Bertz CT molecular complexity index is 896. The van der Waals surface area contributed by atoms with Gasteiger partial charge in [0.1, 0.15) is 6.04 Å². The number of hydrogen-bond acceptors (Lipinski definition) is 7. The van der Waals surface area contributed by atoms with E-state index in [0.717, 1.165) is 30.8 Å². The normalized spacial score (nSPS) is 29.7. The molecule has 31 heavy (non-hydrogen) atoms. The molecule has 0 saturated carbocycles. The molecule has 3 saturated heterocycles. The van der Waals surface area contributed by atoms with Crippen molar-refractivity contribution in [1.82, 2.24) is 20.4 Å². The Kier molecular flexibility index (Phi) is 5.51. The number of morpholine rings is 1. The van der Waals surface area contributed by atoms with E-state index in [9.17, 15) is 14.4 Å². The number of carbonyl (C=O) groups is 3. The minimum Gasteiger partial charge on any atom is -0.378 e. The lowest BCUT2D eigenvalue weighted by atomic mass is 9.95. The molecule has 0 bridgehead atoms. The van der Waals surface area contributed by atoms with E-state index < -0.39 is 6.04 Å². The molecule has 0 aromatic heterocycles. The second kappa shape index (κ2) is 8.31. The summed E-state index contributed by atoms with van der Waals surface area (Å²) >= 11 is 0. The maximum absolute atomic E-state index is 13.4. The first-order chi connectivity index (χ1) is 15.1. The van der Waals surface area contributed by atoms with Crippen molar-refractivity contribution < 1.29 is 23.9 Å². The van der Waals surface area contributed by atoms with Gasteiger partial charge < -0.3 is 19.7 Å². The van der Waals surface area contributed by atoms with Crippen LogP contribution in [-0.4, -0.2) is 85.2 Å². The summed E-state index contributed by atoms with van der Waals surface area (Å²) < 4.78 is 11.7. The summed E-state index contributed by atoms with van der Waals surface area (Å²) in [5.41, 5.74) is 2.33. The third kappa shape index (κ3) is 3.76. The number of hydrogen-bond donors (Lipinski definition) is 2. The van der Waals surface area contributed by atoms with Crippen LogP contribution in [-0.2, 0) is 32.2 Å². The highest BCUT2D eigenvalue weighted by Gasteiger charge is 2.43. The maximum atomic E-state index is 13.4. The Balaban J connectivity index is 1.39. The fourth-order valence-electron chi connectivity index (χ4n) is 5.11. The number of imide groups is 1. The highest BCUT2D eigenvalue weighted by molar-refractivity contribution is 6.06. The second-order valence-electron chi connectivity index (χ2n) is 8.78. The van der Waals surface area contributed by atoms with E-state index in [2.05, 4.69) is 15.5 Å². The summed E-state index contributed by atoms with van der Waals surface area (Å²) in [7, 11) is 0. The van der Waals surface area contributed by atoms with Crippen molar-refractivity contribution in [2.24, 2.45) is 0 Å². The SMILES string of the molecule is O=C1CCC(N2Cc3cccc(CN4CCOCC45CNCCOC5)c3C2=O)C(=O)N1. The minimum atomic E-state index is -0.598. The van der Waals surface area contributed by atoms with Crippen LogP contribution in [0.1, 0.15) is 34.3 Å². The van der Waals surface area contributed by atoms with Gasteiger partial charge in [0.25, 0.3) is 5.91 Å². The van der Waals surface area contributed by atoms with Gasteiger partial charge in [0.2, 0.25) is 11.8 Å². The zero-order valence-electron chi connectivity index (χ0n) is 17.5. The average Bonchev–Trinajstić information content (AvgIpc) is 2.93. The number of fused-ring (bicyclic) bond motifs is 1. The summed E-state index contributed by atoms with van der Waals surface area (Å²) in [6.45, 7) is 5.87. The molecule has 3 amide bonds. The highest BCUT2D eigenvalue weighted by atomic mass is 16.5. The average molecular weight is 428 g/mol. The number of ether oxygens (including phenoxy) is 2. The largest absolute Gasteiger partial charge is 0.378 e. The van der Waals surface area contributed by atoms with Gasteiger partial charge in [-0.2, -0.15) is 0 Å². The first-order valence-corrected chi connectivity index (χ1v) is 10.9. The highest BCUT2D eigenvalue weighted by Crippen LogP contribution is 2.32. The molecule has 2 N–H and O–H groups in total. The fraction of sp³-hybridized carbons (Fsp3) is 0.591. The van der Waals surface area contributed by atoms with Gasteiger partial charge in [-0.1, -0.05) is 18.2 Å². The van der Waals surface area contributed by atoms with Crippen LogP contribution in [0.4, 0.5) is 0 Å². The van der Waals surface area contributed by atoms with Crippen molar-refractivity contribution >= 4 is 17.7 Å². The first-order valence-electron chi connectivity index (χ1n) is 10.9. The third-order valence-electron chi connectivity index (χ3n) is 6.80. The quantitative estimate of drug-likeness (QED) is 0.634. The predicted octanol–water partition coefficient (Wildman–Crippen LogP) is -0.362. The number of piperidine rings is 1. The minimum absolute atomic E-state index is 0.127. The summed E-state index contributed by atoms with van der Waals surface area (Å²) in [5, 5.41) is 5.81. The van der Waals surface area contributed by atoms with E-state index in [4.69, 9.17) is 9.47 Å². The number of nitrogens with zero attached hydrogens (tertiary/aromatic N) is 2. The molecule has 1 spiro atoms. The van der Waals surface area contributed by atoms with E-state index in [0.29, 0.717) is 51.5 Å². The maximum Gasteiger partial charge on any atom is 0.255 e. The van der Waals surface area contributed by atoms with Gasteiger partial charge in [0, 0.05) is 44.7 Å². The van der Waals surface area contributed by atoms with Crippen LogP contribution in [0.2, 0.25) is 0 Å². The van der Waals surface area contributed by atoms with Gasteiger partial charge in [0.15, 0.2) is 0 Å². The lowest BCUT2D eigenvalue weighted by molar-refractivity contribution is -0.136. The third-order valence-corrected chi connectivity index (χ3v) is 6.80. The van der Waals surface area contributed by atoms with E-state index in [1.165, 1.54) is 0 Å². The van der Waals surface area contributed by atoms with Gasteiger partial charge in [-0.3, -0.25) is 24.6 Å².